The standard InChI is InChI=1S/C25H34N2O3/c1-6-19(4)26-25(29)23(7-2)27(17-21-12-9-13-22(15-21)30-5)24(28)16-20-11-8-10-18(3)14-20/h8-15,19,23H,6-7,16-17H2,1-5H3,(H,26,29)/t19-,23+/m1/s1. The molecule has 0 fully saturated rings. The Morgan fingerprint density at radius 3 is 2.37 bits per heavy atom. The van der Waals surface area contributed by atoms with Crippen molar-refractivity contribution in [1.82, 2.24) is 10.2 Å². The molecule has 0 radical (unpaired) electrons. The Labute approximate surface area is 180 Å². The molecule has 30 heavy (non-hydrogen) atoms. The molecule has 0 heterocycles. The van der Waals surface area contributed by atoms with Crippen LogP contribution >= 0.6 is 0 Å². The Bertz CT molecular complexity index is 850. The van der Waals surface area contributed by atoms with E-state index in [-0.39, 0.29) is 24.3 Å². The lowest BCUT2D eigenvalue weighted by molar-refractivity contribution is -0.141. The Morgan fingerprint density at radius 1 is 1.03 bits per heavy atom. The molecule has 2 rings (SSSR count). The Hall–Kier alpha value is -2.82. The van der Waals surface area contributed by atoms with E-state index in [0.29, 0.717) is 13.0 Å². The minimum absolute atomic E-state index is 0.0606. The van der Waals surface area contributed by atoms with Gasteiger partial charge >= 0.3 is 0 Å². The zero-order chi connectivity index (χ0) is 22.1. The molecule has 0 saturated heterocycles. The SMILES string of the molecule is CC[C@@H](C)NC(=O)[C@H](CC)N(Cc1cccc(OC)c1)C(=O)Cc1cccc(C)c1. The number of nitrogens with one attached hydrogen (secondary N) is 1. The van der Waals surface area contributed by atoms with E-state index in [0.717, 1.165) is 28.9 Å². The maximum Gasteiger partial charge on any atom is 0.243 e. The summed E-state index contributed by atoms with van der Waals surface area (Å²) in [5.41, 5.74) is 3.00. The number of hydrogen-bond donors (Lipinski definition) is 1. The molecule has 5 nitrogen and oxygen atoms in total. The van der Waals surface area contributed by atoms with Gasteiger partial charge in [-0.3, -0.25) is 9.59 Å². The van der Waals surface area contributed by atoms with Crippen molar-refractivity contribution in [3.63, 3.8) is 0 Å². The van der Waals surface area contributed by atoms with Crippen LogP contribution in [0.3, 0.4) is 0 Å². The average Bonchev–Trinajstić information content (AvgIpc) is 2.73. The van der Waals surface area contributed by atoms with E-state index in [1.807, 2.05) is 76.2 Å². The van der Waals surface area contributed by atoms with Crippen LogP contribution in [-0.4, -0.2) is 35.9 Å². The third-order valence-electron chi connectivity index (χ3n) is 5.31. The lowest BCUT2D eigenvalue weighted by Crippen LogP contribution is -2.51. The number of hydrogen-bond acceptors (Lipinski definition) is 3. The molecule has 0 saturated carbocycles. The van der Waals surface area contributed by atoms with Crippen molar-refractivity contribution in [3.8, 4) is 5.75 Å². The van der Waals surface area contributed by atoms with E-state index in [1.54, 1.807) is 12.0 Å². The van der Waals surface area contributed by atoms with Crippen LogP contribution in [-0.2, 0) is 22.6 Å². The number of rotatable bonds is 10. The van der Waals surface area contributed by atoms with Crippen molar-refractivity contribution in [3.05, 3.63) is 65.2 Å². The molecule has 0 aliphatic rings. The highest BCUT2D eigenvalue weighted by molar-refractivity contribution is 5.88. The van der Waals surface area contributed by atoms with Crippen molar-refractivity contribution < 1.29 is 14.3 Å². The molecule has 1 N–H and O–H groups in total. The molecule has 0 aliphatic heterocycles. The van der Waals surface area contributed by atoms with Crippen LogP contribution in [0, 0.1) is 6.92 Å². The fraction of sp³-hybridized carbons (Fsp3) is 0.440. The normalized spacial score (nSPS) is 12.7. The van der Waals surface area contributed by atoms with Crippen molar-refractivity contribution in [2.75, 3.05) is 7.11 Å². The first kappa shape index (κ1) is 23.5. The van der Waals surface area contributed by atoms with Crippen molar-refractivity contribution in [1.29, 1.82) is 0 Å². The van der Waals surface area contributed by atoms with Gasteiger partial charge in [-0.25, -0.2) is 0 Å². The molecule has 0 spiro atoms. The lowest BCUT2D eigenvalue weighted by Gasteiger charge is -2.31. The number of nitrogens with zero attached hydrogens (tertiary/aromatic N) is 1. The highest BCUT2D eigenvalue weighted by atomic mass is 16.5. The molecule has 0 aliphatic carbocycles. The van der Waals surface area contributed by atoms with Gasteiger partial charge in [0, 0.05) is 12.6 Å². The molecular formula is C25H34N2O3. The molecule has 2 aromatic rings. The van der Waals surface area contributed by atoms with Crippen molar-refractivity contribution in [2.45, 2.75) is 65.6 Å². The van der Waals surface area contributed by atoms with Crippen LogP contribution in [0.15, 0.2) is 48.5 Å². The van der Waals surface area contributed by atoms with Gasteiger partial charge in [0.2, 0.25) is 11.8 Å². The van der Waals surface area contributed by atoms with E-state index in [9.17, 15) is 9.59 Å². The first-order valence-corrected chi connectivity index (χ1v) is 10.7. The van der Waals surface area contributed by atoms with E-state index in [2.05, 4.69) is 5.32 Å². The van der Waals surface area contributed by atoms with Crippen molar-refractivity contribution in [2.24, 2.45) is 0 Å². The summed E-state index contributed by atoms with van der Waals surface area (Å²) in [6.45, 7) is 8.32. The van der Waals surface area contributed by atoms with Gasteiger partial charge in [0.25, 0.3) is 0 Å². The number of methoxy groups -OCH3 is 1. The largest absolute Gasteiger partial charge is 0.497 e. The van der Waals surface area contributed by atoms with Crippen LogP contribution in [0.2, 0.25) is 0 Å². The van der Waals surface area contributed by atoms with E-state index >= 15 is 0 Å². The predicted molar refractivity (Wildman–Crippen MR) is 120 cm³/mol. The highest BCUT2D eigenvalue weighted by Gasteiger charge is 2.29. The third-order valence-corrected chi connectivity index (χ3v) is 5.31. The van der Waals surface area contributed by atoms with Gasteiger partial charge in [-0.05, 0) is 49.9 Å². The Balaban J connectivity index is 2.31. The highest BCUT2D eigenvalue weighted by Crippen LogP contribution is 2.19. The van der Waals surface area contributed by atoms with Gasteiger partial charge in [-0.1, -0.05) is 55.8 Å². The summed E-state index contributed by atoms with van der Waals surface area (Å²) in [6, 6.07) is 15.1. The predicted octanol–water partition coefficient (Wildman–Crippen LogP) is 4.27. The van der Waals surface area contributed by atoms with E-state index in [4.69, 9.17) is 4.74 Å². The number of benzene rings is 2. The number of carbonyl (C=O) groups is 2. The lowest BCUT2D eigenvalue weighted by atomic mass is 10.0. The quantitative estimate of drug-likeness (QED) is 0.636. The van der Waals surface area contributed by atoms with Gasteiger partial charge in [-0.2, -0.15) is 0 Å². The van der Waals surface area contributed by atoms with Crippen LogP contribution in [0.25, 0.3) is 0 Å². The summed E-state index contributed by atoms with van der Waals surface area (Å²) in [7, 11) is 1.62. The van der Waals surface area contributed by atoms with Crippen LogP contribution in [0.5, 0.6) is 5.75 Å². The van der Waals surface area contributed by atoms with Crippen molar-refractivity contribution >= 4 is 11.8 Å². The summed E-state index contributed by atoms with van der Waals surface area (Å²) in [5, 5.41) is 3.04. The third kappa shape index (κ3) is 6.61. The number of amides is 2. The zero-order valence-corrected chi connectivity index (χ0v) is 18.8. The van der Waals surface area contributed by atoms with Gasteiger partial charge in [0.1, 0.15) is 11.8 Å². The second kappa shape index (κ2) is 11.4. The molecule has 2 atom stereocenters. The maximum absolute atomic E-state index is 13.4. The van der Waals surface area contributed by atoms with Crippen LogP contribution in [0.1, 0.15) is 50.3 Å². The van der Waals surface area contributed by atoms with Gasteiger partial charge in [0.05, 0.1) is 13.5 Å². The zero-order valence-electron chi connectivity index (χ0n) is 18.8. The maximum atomic E-state index is 13.4. The Morgan fingerprint density at radius 2 is 1.73 bits per heavy atom. The molecule has 2 amide bonds. The summed E-state index contributed by atoms with van der Waals surface area (Å²) in [5.74, 6) is 0.567. The topological polar surface area (TPSA) is 58.6 Å². The summed E-state index contributed by atoms with van der Waals surface area (Å²) >= 11 is 0. The fourth-order valence-corrected chi connectivity index (χ4v) is 3.43. The first-order valence-electron chi connectivity index (χ1n) is 10.7. The number of ether oxygens (including phenoxy) is 1. The monoisotopic (exact) mass is 410 g/mol. The average molecular weight is 411 g/mol. The van der Waals surface area contributed by atoms with Gasteiger partial charge in [-0.15, -0.1) is 0 Å². The number of carbonyl (C=O) groups excluding carboxylic acids is 2. The molecule has 5 heteroatoms. The number of aryl methyl sites for hydroxylation is 1. The first-order chi connectivity index (χ1) is 14.4. The molecule has 0 aromatic heterocycles. The summed E-state index contributed by atoms with van der Waals surface area (Å²) in [6.07, 6.45) is 1.65. The van der Waals surface area contributed by atoms with Crippen LogP contribution in [0.4, 0.5) is 0 Å². The summed E-state index contributed by atoms with van der Waals surface area (Å²) in [4.78, 5) is 28.0. The van der Waals surface area contributed by atoms with Crippen LogP contribution < -0.4 is 10.1 Å². The smallest absolute Gasteiger partial charge is 0.243 e. The molecule has 0 bridgehead atoms. The van der Waals surface area contributed by atoms with E-state index < -0.39 is 6.04 Å². The second-order valence-corrected chi connectivity index (χ2v) is 7.78. The van der Waals surface area contributed by atoms with E-state index in [1.165, 1.54) is 0 Å². The van der Waals surface area contributed by atoms with Gasteiger partial charge < -0.3 is 15.0 Å². The molecular weight excluding hydrogens is 376 g/mol. The van der Waals surface area contributed by atoms with Gasteiger partial charge in [0.15, 0.2) is 0 Å². The Kier molecular flexibility index (Phi) is 8.90. The molecule has 2 aromatic carbocycles. The summed E-state index contributed by atoms with van der Waals surface area (Å²) < 4.78 is 5.32. The minimum atomic E-state index is -0.525. The fourth-order valence-electron chi connectivity index (χ4n) is 3.43. The minimum Gasteiger partial charge on any atom is -0.497 e. The molecule has 0 unspecified atom stereocenters. The second-order valence-electron chi connectivity index (χ2n) is 7.78. The molecule has 162 valence electrons.